The van der Waals surface area contributed by atoms with Crippen LogP contribution < -0.4 is 0 Å². The number of thioether (sulfide) groups is 1. The van der Waals surface area contributed by atoms with Gasteiger partial charge in [-0.3, -0.25) is 9.78 Å². The van der Waals surface area contributed by atoms with Crippen LogP contribution in [0.4, 0.5) is 13.2 Å². The molecule has 2 heterocycles. The van der Waals surface area contributed by atoms with Crippen molar-refractivity contribution in [3.63, 3.8) is 0 Å². The second-order valence-electron chi connectivity index (χ2n) is 5.83. The number of Topliss-reactive ketones (excluding diaryl/α,β-unsaturated/α-hetero) is 1. The summed E-state index contributed by atoms with van der Waals surface area (Å²) in [4.78, 5) is 16.3. The van der Waals surface area contributed by atoms with Crippen LogP contribution in [-0.2, 0) is 11.0 Å². The van der Waals surface area contributed by atoms with Crippen molar-refractivity contribution in [1.82, 2.24) is 25.2 Å². The lowest BCUT2D eigenvalue weighted by Gasteiger charge is -2.14. The molecule has 0 saturated heterocycles. The van der Waals surface area contributed by atoms with Gasteiger partial charge < -0.3 is 0 Å². The molecule has 0 aromatic carbocycles. The third-order valence-corrected chi connectivity index (χ3v) is 4.93. The molecule has 1 aliphatic carbocycles. The maximum Gasteiger partial charge on any atom is 0.417 e. The van der Waals surface area contributed by atoms with Crippen molar-refractivity contribution < 1.29 is 18.0 Å². The van der Waals surface area contributed by atoms with E-state index in [1.807, 2.05) is 6.07 Å². The molecule has 1 fully saturated rings. The molecule has 26 heavy (non-hydrogen) atoms. The minimum Gasteiger partial charge on any atom is -0.297 e. The van der Waals surface area contributed by atoms with Gasteiger partial charge in [-0.1, -0.05) is 11.8 Å². The normalized spacial score (nSPS) is 16.7. The second kappa shape index (κ2) is 7.03. The van der Waals surface area contributed by atoms with Gasteiger partial charge in [0, 0.05) is 6.20 Å². The van der Waals surface area contributed by atoms with E-state index in [1.54, 1.807) is 11.6 Å². The highest BCUT2D eigenvalue weighted by atomic mass is 32.2. The van der Waals surface area contributed by atoms with Crippen LogP contribution in [0.25, 0.3) is 0 Å². The number of ketones is 1. The topological polar surface area (TPSA) is 97.4 Å². The SMILES string of the molecule is CC(Sc1nnnn1C1CC1)C(=O)C(C#N)c1ccc(C(F)(F)F)cn1. The highest BCUT2D eigenvalue weighted by Gasteiger charge is 2.34. The summed E-state index contributed by atoms with van der Waals surface area (Å²) in [6, 6.07) is 3.92. The maximum absolute atomic E-state index is 12.6. The fourth-order valence-electron chi connectivity index (χ4n) is 2.28. The van der Waals surface area contributed by atoms with Gasteiger partial charge in [0.15, 0.2) is 5.78 Å². The van der Waals surface area contributed by atoms with E-state index < -0.39 is 28.7 Å². The number of aromatic nitrogens is 5. The third-order valence-electron chi connectivity index (χ3n) is 3.86. The van der Waals surface area contributed by atoms with Crippen LogP contribution in [-0.4, -0.2) is 36.2 Å². The predicted molar refractivity (Wildman–Crippen MR) is 84.0 cm³/mol. The van der Waals surface area contributed by atoms with E-state index >= 15 is 0 Å². The van der Waals surface area contributed by atoms with Crippen LogP contribution in [0, 0.1) is 11.3 Å². The number of carbonyl (C=O) groups is 1. The molecule has 136 valence electrons. The number of tetrazole rings is 1. The number of pyridine rings is 1. The van der Waals surface area contributed by atoms with Crippen molar-refractivity contribution >= 4 is 17.5 Å². The molecule has 1 saturated carbocycles. The molecule has 0 aliphatic heterocycles. The maximum atomic E-state index is 12.6. The van der Waals surface area contributed by atoms with Crippen LogP contribution in [0.15, 0.2) is 23.5 Å². The molecular weight excluding hydrogens is 369 g/mol. The predicted octanol–water partition coefficient (Wildman–Crippen LogP) is 2.78. The molecule has 0 spiro atoms. The van der Waals surface area contributed by atoms with E-state index in [0.29, 0.717) is 11.4 Å². The first-order chi connectivity index (χ1) is 12.3. The van der Waals surface area contributed by atoms with Gasteiger partial charge >= 0.3 is 6.18 Å². The van der Waals surface area contributed by atoms with Crippen LogP contribution in [0.5, 0.6) is 0 Å². The highest BCUT2D eigenvalue weighted by Crippen LogP contribution is 2.37. The van der Waals surface area contributed by atoms with Gasteiger partial charge in [-0.05, 0) is 42.3 Å². The summed E-state index contributed by atoms with van der Waals surface area (Å²) in [5, 5.41) is 20.5. The Morgan fingerprint density at radius 1 is 1.42 bits per heavy atom. The van der Waals surface area contributed by atoms with E-state index in [9.17, 15) is 23.2 Å². The van der Waals surface area contributed by atoms with Crippen LogP contribution in [0.2, 0.25) is 0 Å². The van der Waals surface area contributed by atoms with Crippen LogP contribution >= 0.6 is 11.8 Å². The molecule has 2 aromatic heterocycles. The molecule has 3 rings (SSSR count). The number of nitriles is 1. The molecular formula is C15H13F3N6OS. The molecule has 0 radical (unpaired) electrons. The first kappa shape index (κ1) is 18.3. The number of alkyl halides is 3. The number of carbonyl (C=O) groups excluding carboxylic acids is 1. The molecule has 0 N–H and O–H groups in total. The van der Waals surface area contributed by atoms with Gasteiger partial charge in [-0.2, -0.15) is 18.4 Å². The van der Waals surface area contributed by atoms with Crippen LogP contribution in [0.1, 0.15) is 43.0 Å². The number of nitrogens with zero attached hydrogens (tertiary/aromatic N) is 6. The fraction of sp³-hybridized carbons (Fsp3) is 0.467. The van der Waals surface area contributed by atoms with Crippen molar-refractivity contribution in [1.29, 1.82) is 5.26 Å². The van der Waals surface area contributed by atoms with E-state index in [-0.39, 0.29) is 11.7 Å². The highest BCUT2D eigenvalue weighted by molar-refractivity contribution is 8.00. The number of rotatable bonds is 6. The Balaban J connectivity index is 1.73. The van der Waals surface area contributed by atoms with Gasteiger partial charge in [0.1, 0.15) is 5.92 Å². The van der Waals surface area contributed by atoms with Gasteiger partial charge in [-0.15, -0.1) is 5.10 Å². The molecule has 7 nitrogen and oxygen atoms in total. The first-order valence-corrected chi connectivity index (χ1v) is 8.60. The summed E-state index contributed by atoms with van der Waals surface area (Å²) >= 11 is 1.12. The van der Waals surface area contributed by atoms with Crippen molar-refractivity contribution in [3.8, 4) is 6.07 Å². The Morgan fingerprint density at radius 3 is 2.69 bits per heavy atom. The Hall–Kier alpha value is -2.48. The molecule has 2 atom stereocenters. The lowest BCUT2D eigenvalue weighted by atomic mass is 9.99. The summed E-state index contributed by atoms with van der Waals surface area (Å²) in [6.45, 7) is 1.60. The van der Waals surface area contributed by atoms with Gasteiger partial charge in [0.25, 0.3) is 0 Å². The van der Waals surface area contributed by atoms with Crippen molar-refractivity contribution in [2.75, 3.05) is 0 Å². The summed E-state index contributed by atoms with van der Waals surface area (Å²) in [5.41, 5.74) is -0.948. The Labute approximate surface area is 150 Å². The number of hydrogen-bond donors (Lipinski definition) is 0. The molecule has 1 aliphatic rings. The van der Waals surface area contributed by atoms with E-state index in [1.165, 1.54) is 0 Å². The zero-order valence-corrected chi connectivity index (χ0v) is 14.3. The molecule has 2 aromatic rings. The zero-order chi connectivity index (χ0) is 18.9. The summed E-state index contributed by atoms with van der Waals surface area (Å²) in [7, 11) is 0. The minimum absolute atomic E-state index is 0.0141. The molecule has 2 unspecified atom stereocenters. The standard InChI is InChI=1S/C15H13F3N6OS/c1-8(26-14-21-22-23-24(14)10-3-4-10)13(25)11(6-19)12-5-2-9(7-20-12)15(16,17)18/h2,5,7-8,10-11H,3-4H2,1H3. The Kier molecular flexibility index (Phi) is 4.95. The second-order valence-corrected chi connectivity index (χ2v) is 7.14. The Bertz CT molecular complexity index is 840. The smallest absolute Gasteiger partial charge is 0.297 e. The van der Waals surface area contributed by atoms with Crippen molar-refractivity contribution in [2.24, 2.45) is 0 Å². The largest absolute Gasteiger partial charge is 0.417 e. The summed E-state index contributed by atoms with van der Waals surface area (Å²) in [6.07, 6.45) is -1.96. The van der Waals surface area contributed by atoms with Crippen LogP contribution in [0.3, 0.4) is 0 Å². The summed E-state index contributed by atoms with van der Waals surface area (Å²) < 4.78 is 39.5. The monoisotopic (exact) mass is 382 g/mol. The molecule has 0 bridgehead atoms. The number of halogens is 3. The lowest BCUT2D eigenvalue weighted by molar-refractivity contribution is -0.137. The lowest BCUT2D eigenvalue weighted by Crippen LogP contribution is -2.22. The third kappa shape index (κ3) is 3.85. The fourth-order valence-corrected chi connectivity index (χ4v) is 3.23. The van der Waals surface area contributed by atoms with E-state index in [4.69, 9.17) is 0 Å². The minimum atomic E-state index is -4.53. The summed E-state index contributed by atoms with van der Waals surface area (Å²) in [5.74, 6) is -1.72. The van der Waals surface area contributed by atoms with Crippen molar-refractivity contribution in [2.45, 2.75) is 48.3 Å². The van der Waals surface area contributed by atoms with Gasteiger partial charge in [0.2, 0.25) is 5.16 Å². The Morgan fingerprint density at radius 2 is 2.15 bits per heavy atom. The van der Waals surface area contributed by atoms with Gasteiger partial charge in [0.05, 0.1) is 28.6 Å². The average molecular weight is 382 g/mol. The average Bonchev–Trinajstić information content (AvgIpc) is 3.34. The zero-order valence-electron chi connectivity index (χ0n) is 13.5. The number of hydrogen-bond acceptors (Lipinski definition) is 7. The molecule has 0 amide bonds. The van der Waals surface area contributed by atoms with Gasteiger partial charge in [-0.25, -0.2) is 4.68 Å². The first-order valence-electron chi connectivity index (χ1n) is 7.72. The quantitative estimate of drug-likeness (QED) is 0.709. The van der Waals surface area contributed by atoms with E-state index in [2.05, 4.69) is 20.5 Å². The van der Waals surface area contributed by atoms with E-state index in [0.717, 1.165) is 36.7 Å². The molecule has 11 heteroatoms. The van der Waals surface area contributed by atoms with Crippen molar-refractivity contribution in [3.05, 3.63) is 29.6 Å².